The maximum Gasteiger partial charge on any atom is 0.236 e. The van der Waals surface area contributed by atoms with Crippen LogP contribution in [-0.2, 0) is 4.79 Å². The molecule has 96 valence electrons. The number of amides is 1. The molecule has 3 heteroatoms. The highest BCUT2D eigenvalue weighted by atomic mass is 16.2. The Kier molecular flexibility index (Phi) is 9.30. The molecule has 0 aromatic carbocycles. The maximum atomic E-state index is 11.8. The van der Waals surface area contributed by atoms with Crippen LogP contribution in [-0.4, -0.2) is 36.5 Å². The van der Waals surface area contributed by atoms with Crippen LogP contribution in [0.1, 0.15) is 53.4 Å². The van der Waals surface area contributed by atoms with Crippen molar-refractivity contribution in [3.8, 4) is 0 Å². The van der Waals surface area contributed by atoms with Crippen LogP contribution < -0.4 is 5.32 Å². The van der Waals surface area contributed by atoms with E-state index in [2.05, 4.69) is 19.2 Å². The summed E-state index contributed by atoms with van der Waals surface area (Å²) in [5, 5.41) is 3.38. The van der Waals surface area contributed by atoms with E-state index >= 15 is 0 Å². The number of hydrogen-bond acceptors (Lipinski definition) is 2. The van der Waals surface area contributed by atoms with E-state index in [9.17, 15) is 4.79 Å². The van der Waals surface area contributed by atoms with Gasteiger partial charge in [0, 0.05) is 19.1 Å². The first-order valence-corrected chi connectivity index (χ1v) is 6.70. The molecule has 0 bridgehead atoms. The predicted molar refractivity (Wildman–Crippen MR) is 69.5 cm³/mol. The maximum absolute atomic E-state index is 11.8. The van der Waals surface area contributed by atoms with Crippen molar-refractivity contribution in [1.29, 1.82) is 0 Å². The van der Waals surface area contributed by atoms with Crippen molar-refractivity contribution in [2.45, 2.75) is 59.4 Å². The zero-order valence-electron chi connectivity index (χ0n) is 11.4. The molecule has 0 unspecified atom stereocenters. The first kappa shape index (κ1) is 15.4. The molecule has 1 amide bonds. The summed E-state index contributed by atoms with van der Waals surface area (Å²) >= 11 is 0. The second-order valence-corrected chi connectivity index (χ2v) is 4.22. The lowest BCUT2D eigenvalue weighted by atomic mass is 10.1. The Balaban J connectivity index is 3.93. The fraction of sp³-hybridized carbons (Fsp3) is 0.923. The molecule has 0 aromatic rings. The van der Waals surface area contributed by atoms with Crippen LogP contribution in [0.5, 0.6) is 0 Å². The molecule has 0 saturated carbocycles. The quantitative estimate of drug-likeness (QED) is 0.657. The SMILES string of the molecule is CCCC(CCC)NCC(=O)N(CC)CC. The van der Waals surface area contributed by atoms with Gasteiger partial charge in [0.2, 0.25) is 5.91 Å². The average Bonchev–Trinajstić information content (AvgIpc) is 2.28. The van der Waals surface area contributed by atoms with Crippen LogP contribution in [0.2, 0.25) is 0 Å². The van der Waals surface area contributed by atoms with Crippen molar-refractivity contribution in [3.05, 3.63) is 0 Å². The molecule has 16 heavy (non-hydrogen) atoms. The van der Waals surface area contributed by atoms with Gasteiger partial charge in [-0.1, -0.05) is 26.7 Å². The molecule has 0 saturated heterocycles. The highest BCUT2D eigenvalue weighted by molar-refractivity contribution is 5.78. The zero-order chi connectivity index (χ0) is 12.4. The first-order chi connectivity index (χ1) is 7.69. The molecule has 0 aliphatic heterocycles. The van der Waals surface area contributed by atoms with Gasteiger partial charge in [0.25, 0.3) is 0 Å². The molecular formula is C13H28N2O. The van der Waals surface area contributed by atoms with E-state index in [1.165, 1.54) is 25.7 Å². The number of rotatable bonds is 9. The summed E-state index contributed by atoms with van der Waals surface area (Å²) in [7, 11) is 0. The van der Waals surface area contributed by atoms with Gasteiger partial charge in [-0.2, -0.15) is 0 Å². The van der Waals surface area contributed by atoms with Crippen molar-refractivity contribution in [1.82, 2.24) is 10.2 Å². The van der Waals surface area contributed by atoms with Crippen LogP contribution in [0.25, 0.3) is 0 Å². The van der Waals surface area contributed by atoms with Crippen molar-refractivity contribution in [3.63, 3.8) is 0 Å². The van der Waals surface area contributed by atoms with E-state index < -0.39 is 0 Å². The van der Waals surface area contributed by atoms with E-state index in [0.717, 1.165) is 13.1 Å². The summed E-state index contributed by atoms with van der Waals surface area (Å²) in [6.07, 6.45) is 4.69. The van der Waals surface area contributed by atoms with Crippen molar-refractivity contribution in [2.75, 3.05) is 19.6 Å². The first-order valence-electron chi connectivity index (χ1n) is 6.70. The van der Waals surface area contributed by atoms with Gasteiger partial charge in [-0.3, -0.25) is 4.79 Å². The van der Waals surface area contributed by atoms with Gasteiger partial charge in [0.1, 0.15) is 0 Å². The topological polar surface area (TPSA) is 32.3 Å². The molecule has 0 spiro atoms. The van der Waals surface area contributed by atoms with Gasteiger partial charge in [-0.15, -0.1) is 0 Å². The standard InChI is InChI=1S/C13H28N2O/c1-5-9-12(10-6-2)14-11-13(16)15(7-3)8-4/h12,14H,5-11H2,1-4H3. The summed E-state index contributed by atoms with van der Waals surface area (Å²) in [6.45, 7) is 10.5. The summed E-state index contributed by atoms with van der Waals surface area (Å²) in [5.74, 6) is 0.224. The van der Waals surface area contributed by atoms with E-state index in [4.69, 9.17) is 0 Å². The molecule has 0 atom stereocenters. The van der Waals surface area contributed by atoms with Gasteiger partial charge >= 0.3 is 0 Å². The van der Waals surface area contributed by atoms with Gasteiger partial charge in [0.15, 0.2) is 0 Å². The summed E-state index contributed by atoms with van der Waals surface area (Å²) < 4.78 is 0. The van der Waals surface area contributed by atoms with Crippen LogP contribution >= 0.6 is 0 Å². The van der Waals surface area contributed by atoms with Crippen LogP contribution in [0.3, 0.4) is 0 Å². The Morgan fingerprint density at radius 2 is 1.56 bits per heavy atom. The Hall–Kier alpha value is -0.570. The molecular weight excluding hydrogens is 200 g/mol. The molecule has 0 rings (SSSR count). The molecule has 0 heterocycles. The van der Waals surface area contributed by atoms with Crippen LogP contribution in [0.15, 0.2) is 0 Å². The second kappa shape index (κ2) is 9.64. The summed E-state index contributed by atoms with van der Waals surface area (Å²) in [4.78, 5) is 13.7. The fourth-order valence-corrected chi connectivity index (χ4v) is 1.97. The number of hydrogen-bond donors (Lipinski definition) is 1. The molecule has 3 nitrogen and oxygen atoms in total. The fourth-order valence-electron chi connectivity index (χ4n) is 1.97. The Morgan fingerprint density at radius 1 is 1.06 bits per heavy atom. The minimum absolute atomic E-state index is 0.224. The number of carbonyl (C=O) groups excluding carboxylic acids is 1. The number of likely N-dealkylation sites (N-methyl/N-ethyl adjacent to an activating group) is 1. The summed E-state index contributed by atoms with van der Waals surface area (Å²) in [6, 6.07) is 0.509. The average molecular weight is 228 g/mol. The summed E-state index contributed by atoms with van der Waals surface area (Å²) in [5.41, 5.74) is 0. The number of carbonyl (C=O) groups is 1. The minimum Gasteiger partial charge on any atom is -0.342 e. The van der Waals surface area contributed by atoms with Gasteiger partial charge in [-0.05, 0) is 26.7 Å². The lowest BCUT2D eigenvalue weighted by Crippen LogP contribution is -2.41. The molecule has 0 aromatic heterocycles. The van der Waals surface area contributed by atoms with Crippen LogP contribution in [0.4, 0.5) is 0 Å². The Morgan fingerprint density at radius 3 is 1.94 bits per heavy atom. The van der Waals surface area contributed by atoms with Crippen molar-refractivity contribution >= 4 is 5.91 Å². The monoisotopic (exact) mass is 228 g/mol. The van der Waals surface area contributed by atoms with E-state index in [1.54, 1.807) is 0 Å². The van der Waals surface area contributed by atoms with E-state index in [-0.39, 0.29) is 5.91 Å². The minimum atomic E-state index is 0.224. The number of nitrogens with one attached hydrogen (secondary N) is 1. The lowest BCUT2D eigenvalue weighted by molar-refractivity contribution is -0.130. The van der Waals surface area contributed by atoms with Gasteiger partial charge in [0.05, 0.1) is 6.54 Å². The number of nitrogens with zero attached hydrogens (tertiary/aromatic N) is 1. The van der Waals surface area contributed by atoms with Gasteiger partial charge in [-0.25, -0.2) is 0 Å². The zero-order valence-corrected chi connectivity index (χ0v) is 11.4. The van der Waals surface area contributed by atoms with E-state index in [1.807, 2.05) is 18.7 Å². The smallest absolute Gasteiger partial charge is 0.236 e. The molecule has 0 radical (unpaired) electrons. The molecule has 0 fully saturated rings. The second-order valence-electron chi connectivity index (χ2n) is 4.22. The van der Waals surface area contributed by atoms with Crippen molar-refractivity contribution < 1.29 is 4.79 Å². The Labute approximate surface area is 101 Å². The van der Waals surface area contributed by atoms with E-state index in [0.29, 0.717) is 12.6 Å². The largest absolute Gasteiger partial charge is 0.342 e. The third-order valence-corrected chi connectivity index (χ3v) is 2.93. The highest BCUT2D eigenvalue weighted by Gasteiger charge is 2.12. The third-order valence-electron chi connectivity index (χ3n) is 2.93. The molecule has 1 N–H and O–H groups in total. The Bertz CT molecular complexity index is 173. The van der Waals surface area contributed by atoms with Crippen molar-refractivity contribution in [2.24, 2.45) is 0 Å². The lowest BCUT2D eigenvalue weighted by Gasteiger charge is -2.22. The third kappa shape index (κ3) is 6.11. The highest BCUT2D eigenvalue weighted by Crippen LogP contribution is 2.04. The molecule has 0 aliphatic rings. The normalized spacial score (nSPS) is 10.8. The van der Waals surface area contributed by atoms with Crippen LogP contribution in [0, 0.1) is 0 Å². The molecule has 0 aliphatic carbocycles. The predicted octanol–water partition coefficient (Wildman–Crippen LogP) is 2.41. The van der Waals surface area contributed by atoms with Gasteiger partial charge < -0.3 is 10.2 Å².